The number of aliphatic carboxylic acids is 1. The lowest BCUT2D eigenvalue weighted by atomic mass is 10.3. The monoisotopic (exact) mass is 148 g/mol. The Labute approximate surface area is 59.0 Å². The molecule has 0 saturated carbocycles. The molecule has 5 nitrogen and oxygen atoms in total. The molecule has 0 radical (unpaired) electrons. The number of carbonyl (C=O) groups is 2. The first-order chi connectivity index (χ1) is 4.04. The lowest BCUT2D eigenvalue weighted by molar-refractivity contribution is -0.140. The molecule has 0 aromatic rings. The molecule has 0 spiro atoms. The van der Waals surface area contributed by atoms with Crippen LogP contribution in [0.5, 0.6) is 0 Å². The van der Waals surface area contributed by atoms with Crippen LogP contribution in [0.2, 0.25) is 0 Å². The van der Waals surface area contributed by atoms with Crippen LogP contribution in [0.25, 0.3) is 0 Å². The summed E-state index contributed by atoms with van der Waals surface area (Å²) < 4.78 is 0. The summed E-state index contributed by atoms with van der Waals surface area (Å²) >= 11 is 0. The van der Waals surface area contributed by atoms with Crippen molar-refractivity contribution in [3.05, 3.63) is 0 Å². The number of carboxylic acid groups (broad SMARTS) is 1. The van der Waals surface area contributed by atoms with Crippen molar-refractivity contribution in [1.29, 1.82) is 0 Å². The van der Waals surface area contributed by atoms with Gasteiger partial charge in [0.2, 0.25) is 5.91 Å². The Hall–Kier alpha value is -1.10. The summed E-state index contributed by atoms with van der Waals surface area (Å²) in [5, 5.41) is 10.4. The van der Waals surface area contributed by atoms with Crippen molar-refractivity contribution in [2.75, 3.05) is 0 Å². The lowest BCUT2D eigenvalue weighted by Gasteiger charge is -2.04. The zero-order chi connectivity index (χ0) is 7.44. The van der Waals surface area contributed by atoms with E-state index in [-0.39, 0.29) is 12.1 Å². The highest BCUT2D eigenvalue weighted by atomic mass is 16.4. The van der Waals surface area contributed by atoms with E-state index in [2.05, 4.69) is 5.32 Å². The Morgan fingerprint density at radius 2 is 1.90 bits per heavy atom. The normalized spacial score (nSPS) is 11.0. The summed E-state index contributed by atoms with van der Waals surface area (Å²) in [7, 11) is 0. The second-order valence-corrected chi connectivity index (χ2v) is 1.76. The van der Waals surface area contributed by atoms with Crippen LogP contribution in [0.3, 0.4) is 0 Å². The van der Waals surface area contributed by atoms with Crippen LogP contribution in [-0.2, 0) is 9.59 Å². The average molecular weight is 148 g/mol. The number of rotatable bonds is 2. The second-order valence-electron chi connectivity index (χ2n) is 1.76. The molecule has 0 aromatic carbocycles. The van der Waals surface area contributed by atoms with Gasteiger partial charge in [0.15, 0.2) is 0 Å². The molecule has 1 amide bonds. The van der Waals surface area contributed by atoms with Crippen LogP contribution < -0.4 is 11.5 Å². The van der Waals surface area contributed by atoms with Crippen molar-refractivity contribution in [2.45, 2.75) is 19.9 Å². The Bertz CT molecular complexity index is 135. The topological polar surface area (TPSA) is 101 Å². The first-order valence-corrected chi connectivity index (χ1v) is 2.54. The molecule has 0 bridgehead atoms. The van der Waals surface area contributed by atoms with E-state index in [1.807, 2.05) is 0 Å². The summed E-state index contributed by atoms with van der Waals surface area (Å²) in [6.07, 6.45) is 0. The fourth-order valence-corrected chi connectivity index (χ4v) is 0.367. The maximum atomic E-state index is 10.2. The molecule has 0 rings (SSSR count). The molecular weight excluding hydrogens is 136 g/mol. The third-order valence-electron chi connectivity index (χ3n) is 0.790. The van der Waals surface area contributed by atoms with E-state index in [9.17, 15) is 9.59 Å². The molecule has 0 aliphatic carbocycles. The van der Waals surface area contributed by atoms with Crippen molar-refractivity contribution in [3.8, 4) is 0 Å². The van der Waals surface area contributed by atoms with Crippen LogP contribution in [0, 0.1) is 0 Å². The van der Waals surface area contributed by atoms with E-state index in [0.29, 0.717) is 0 Å². The predicted molar refractivity (Wildman–Crippen MR) is 35.9 cm³/mol. The standard InChI is InChI=1S/C5H9NO3.H3N/c1-3(5(8)9)6-4(2)7;/h3H,1-2H3,(H,6,7)(H,8,9);1H3/t3-;/m0./s1. The van der Waals surface area contributed by atoms with Crippen molar-refractivity contribution < 1.29 is 14.7 Å². The van der Waals surface area contributed by atoms with Gasteiger partial charge in [-0.1, -0.05) is 0 Å². The summed E-state index contributed by atoms with van der Waals surface area (Å²) in [4.78, 5) is 20.2. The number of carbonyl (C=O) groups excluding carboxylic acids is 1. The molecule has 0 saturated heterocycles. The maximum Gasteiger partial charge on any atom is 0.325 e. The number of nitrogens with one attached hydrogen (secondary N) is 1. The van der Waals surface area contributed by atoms with Gasteiger partial charge in [-0.05, 0) is 6.92 Å². The number of amides is 1. The molecule has 5 heteroatoms. The summed E-state index contributed by atoms with van der Waals surface area (Å²) in [5.74, 6) is -1.35. The van der Waals surface area contributed by atoms with Gasteiger partial charge in [0.25, 0.3) is 0 Å². The fourth-order valence-electron chi connectivity index (χ4n) is 0.367. The van der Waals surface area contributed by atoms with Crippen LogP contribution in [0.1, 0.15) is 13.8 Å². The molecule has 0 aromatic heterocycles. The molecule has 10 heavy (non-hydrogen) atoms. The average Bonchev–Trinajstić information content (AvgIpc) is 1.63. The van der Waals surface area contributed by atoms with Gasteiger partial charge in [-0.3, -0.25) is 9.59 Å². The Kier molecular flexibility index (Phi) is 5.54. The fraction of sp³-hybridized carbons (Fsp3) is 0.600. The van der Waals surface area contributed by atoms with Crippen molar-refractivity contribution in [3.63, 3.8) is 0 Å². The van der Waals surface area contributed by atoms with Crippen LogP contribution >= 0.6 is 0 Å². The highest BCUT2D eigenvalue weighted by Crippen LogP contribution is 1.78. The van der Waals surface area contributed by atoms with Gasteiger partial charge in [0.1, 0.15) is 6.04 Å². The van der Waals surface area contributed by atoms with Crippen molar-refractivity contribution in [2.24, 2.45) is 0 Å². The molecule has 0 unspecified atom stereocenters. The van der Waals surface area contributed by atoms with E-state index >= 15 is 0 Å². The summed E-state index contributed by atoms with van der Waals surface area (Å²) in [6, 6.07) is -0.789. The predicted octanol–water partition coefficient (Wildman–Crippen LogP) is -0.242. The first kappa shape index (κ1) is 11.7. The number of carboxylic acids is 1. The Morgan fingerprint density at radius 3 is 2.00 bits per heavy atom. The highest BCUT2D eigenvalue weighted by molar-refractivity contribution is 5.81. The molecule has 5 N–H and O–H groups in total. The van der Waals surface area contributed by atoms with E-state index in [1.54, 1.807) is 0 Å². The molecule has 1 atom stereocenters. The molecule has 0 aliphatic rings. The lowest BCUT2D eigenvalue weighted by Crippen LogP contribution is -2.36. The van der Waals surface area contributed by atoms with Gasteiger partial charge >= 0.3 is 5.97 Å². The van der Waals surface area contributed by atoms with Gasteiger partial charge < -0.3 is 16.6 Å². The van der Waals surface area contributed by atoms with Gasteiger partial charge in [-0.2, -0.15) is 0 Å². The minimum Gasteiger partial charge on any atom is -0.480 e. The third kappa shape index (κ3) is 5.04. The van der Waals surface area contributed by atoms with Gasteiger partial charge in [0, 0.05) is 6.92 Å². The molecular formula is C5H12N2O3. The van der Waals surface area contributed by atoms with Crippen molar-refractivity contribution >= 4 is 11.9 Å². The molecule has 0 heterocycles. The van der Waals surface area contributed by atoms with Crippen LogP contribution in [0.15, 0.2) is 0 Å². The largest absolute Gasteiger partial charge is 0.480 e. The van der Waals surface area contributed by atoms with Crippen LogP contribution in [0.4, 0.5) is 0 Å². The van der Waals surface area contributed by atoms with Gasteiger partial charge in [0.05, 0.1) is 0 Å². The first-order valence-electron chi connectivity index (χ1n) is 2.54. The maximum absolute atomic E-state index is 10.2. The Morgan fingerprint density at radius 1 is 1.50 bits per heavy atom. The van der Waals surface area contributed by atoms with E-state index in [4.69, 9.17) is 5.11 Å². The molecule has 0 aliphatic heterocycles. The number of hydrogen-bond donors (Lipinski definition) is 3. The van der Waals surface area contributed by atoms with E-state index in [1.165, 1.54) is 13.8 Å². The zero-order valence-electron chi connectivity index (χ0n) is 6.05. The SMILES string of the molecule is CC(=O)N[C@@H](C)C(=O)O.N. The quantitative estimate of drug-likeness (QED) is 0.502. The highest BCUT2D eigenvalue weighted by Gasteiger charge is 2.09. The van der Waals surface area contributed by atoms with E-state index < -0.39 is 12.0 Å². The smallest absolute Gasteiger partial charge is 0.325 e. The second kappa shape index (κ2) is 4.75. The molecule has 60 valence electrons. The molecule has 0 fully saturated rings. The summed E-state index contributed by atoms with van der Waals surface area (Å²) in [5.41, 5.74) is 0. The zero-order valence-corrected chi connectivity index (χ0v) is 6.05. The minimum atomic E-state index is -1.02. The summed E-state index contributed by atoms with van der Waals surface area (Å²) in [6.45, 7) is 2.68. The Balaban J connectivity index is 0. The number of hydrogen-bond acceptors (Lipinski definition) is 3. The van der Waals surface area contributed by atoms with Gasteiger partial charge in [-0.25, -0.2) is 0 Å². The van der Waals surface area contributed by atoms with Gasteiger partial charge in [-0.15, -0.1) is 0 Å². The minimum absolute atomic E-state index is 0. The van der Waals surface area contributed by atoms with Crippen molar-refractivity contribution in [1.82, 2.24) is 11.5 Å². The third-order valence-corrected chi connectivity index (χ3v) is 0.790. The van der Waals surface area contributed by atoms with Crippen LogP contribution in [-0.4, -0.2) is 23.0 Å². The van der Waals surface area contributed by atoms with E-state index in [0.717, 1.165) is 0 Å².